The summed E-state index contributed by atoms with van der Waals surface area (Å²) in [5.41, 5.74) is 0.767. The lowest BCUT2D eigenvalue weighted by atomic mass is 9.95. The zero-order chi connectivity index (χ0) is 19.8. The lowest BCUT2D eigenvalue weighted by Gasteiger charge is -2.43. The van der Waals surface area contributed by atoms with Crippen LogP contribution in [0.4, 0.5) is 13.2 Å². The highest BCUT2D eigenvalue weighted by Gasteiger charge is 2.43. The van der Waals surface area contributed by atoms with E-state index in [9.17, 15) is 18.0 Å². The Morgan fingerprint density at radius 3 is 2.52 bits per heavy atom. The van der Waals surface area contributed by atoms with Crippen LogP contribution >= 0.6 is 0 Å². The van der Waals surface area contributed by atoms with Crippen molar-refractivity contribution in [2.75, 3.05) is 6.61 Å². The molecule has 0 N–H and O–H groups in total. The Morgan fingerprint density at radius 1 is 1.26 bits per heavy atom. The van der Waals surface area contributed by atoms with Crippen LogP contribution in [0.25, 0.3) is 0 Å². The molecule has 6 nitrogen and oxygen atoms in total. The molecule has 3 rings (SSSR count). The maximum Gasteiger partial charge on any atom is 0.408 e. The van der Waals surface area contributed by atoms with Crippen LogP contribution in [0, 0.1) is 6.92 Å². The van der Waals surface area contributed by atoms with Gasteiger partial charge in [-0.05, 0) is 26.3 Å². The number of rotatable bonds is 4. The summed E-state index contributed by atoms with van der Waals surface area (Å²) in [6.07, 6.45) is -5.30. The molecule has 9 heteroatoms. The smallest absolute Gasteiger partial charge is 0.358 e. The summed E-state index contributed by atoms with van der Waals surface area (Å²) in [6, 6.07) is 8.36. The van der Waals surface area contributed by atoms with Gasteiger partial charge in [0, 0.05) is 6.04 Å². The number of aryl methyl sites for hydroxylation is 1. The molecule has 1 aliphatic heterocycles. The molecule has 0 saturated carbocycles. The second-order valence-electron chi connectivity index (χ2n) is 6.77. The van der Waals surface area contributed by atoms with E-state index in [0.717, 1.165) is 10.2 Å². The molecule has 0 radical (unpaired) electrons. The Kier molecular flexibility index (Phi) is 5.23. The van der Waals surface area contributed by atoms with E-state index in [-0.39, 0.29) is 30.2 Å². The average Bonchev–Trinajstić information content (AvgIpc) is 2.93. The SMILES string of the molecule is Cc1nc([C@H]2OCC(=O)N(C(C)C)[C@@H]2c2ccccc2)n(CC(F)(F)F)n1. The minimum Gasteiger partial charge on any atom is -0.358 e. The molecule has 0 unspecified atom stereocenters. The van der Waals surface area contributed by atoms with Crippen molar-refractivity contribution in [3.05, 3.63) is 47.5 Å². The average molecular weight is 382 g/mol. The first-order valence-corrected chi connectivity index (χ1v) is 8.63. The van der Waals surface area contributed by atoms with E-state index in [0.29, 0.717) is 0 Å². The van der Waals surface area contributed by atoms with Crippen LogP contribution in [0.1, 0.15) is 43.2 Å². The van der Waals surface area contributed by atoms with Gasteiger partial charge in [0.2, 0.25) is 5.91 Å². The maximum atomic E-state index is 13.0. The number of halogens is 3. The molecule has 1 fully saturated rings. The highest BCUT2D eigenvalue weighted by Crippen LogP contribution is 2.40. The summed E-state index contributed by atoms with van der Waals surface area (Å²) in [4.78, 5) is 18.3. The first-order chi connectivity index (χ1) is 12.7. The van der Waals surface area contributed by atoms with Crippen LogP contribution in [0.5, 0.6) is 0 Å². The summed E-state index contributed by atoms with van der Waals surface area (Å²) in [5.74, 6) is 0.0724. The van der Waals surface area contributed by atoms with Crippen molar-refractivity contribution in [1.29, 1.82) is 0 Å². The largest absolute Gasteiger partial charge is 0.408 e. The number of hydrogen-bond donors (Lipinski definition) is 0. The Morgan fingerprint density at radius 2 is 1.93 bits per heavy atom. The number of nitrogens with zero attached hydrogens (tertiary/aromatic N) is 4. The minimum atomic E-state index is -4.45. The molecule has 0 spiro atoms. The van der Waals surface area contributed by atoms with Crippen molar-refractivity contribution < 1.29 is 22.7 Å². The van der Waals surface area contributed by atoms with Gasteiger partial charge in [0.15, 0.2) is 5.82 Å². The van der Waals surface area contributed by atoms with Gasteiger partial charge in [-0.2, -0.15) is 18.3 Å². The first kappa shape index (κ1) is 19.3. The number of benzene rings is 1. The van der Waals surface area contributed by atoms with Crippen LogP contribution in [-0.4, -0.2) is 44.4 Å². The zero-order valence-electron chi connectivity index (χ0n) is 15.3. The van der Waals surface area contributed by atoms with Crippen molar-refractivity contribution in [1.82, 2.24) is 19.7 Å². The van der Waals surface area contributed by atoms with Gasteiger partial charge >= 0.3 is 6.18 Å². The second-order valence-corrected chi connectivity index (χ2v) is 6.77. The molecular formula is C18H21F3N4O2. The van der Waals surface area contributed by atoms with Crippen LogP contribution in [-0.2, 0) is 16.1 Å². The van der Waals surface area contributed by atoms with Gasteiger partial charge in [-0.25, -0.2) is 9.67 Å². The molecule has 2 heterocycles. The Balaban J connectivity index is 2.09. The van der Waals surface area contributed by atoms with E-state index in [1.54, 1.807) is 4.90 Å². The van der Waals surface area contributed by atoms with Gasteiger partial charge in [0.1, 0.15) is 25.1 Å². The number of hydrogen-bond acceptors (Lipinski definition) is 4. The van der Waals surface area contributed by atoms with E-state index in [1.165, 1.54) is 6.92 Å². The number of carbonyl (C=O) groups excluding carboxylic acids is 1. The summed E-state index contributed by atoms with van der Waals surface area (Å²) >= 11 is 0. The van der Waals surface area contributed by atoms with E-state index >= 15 is 0 Å². The predicted molar refractivity (Wildman–Crippen MR) is 90.7 cm³/mol. The van der Waals surface area contributed by atoms with Crippen LogP contribution in [0.2, 0.25) is 0 Å². The minimum absolute atomic E-state index is 0.0665. The van der Waals surface area contributed by atoms with Crippen molar-refractivity contribution in [3.8, 4) is 0 Å². The summed E-state index contributed by atoms with van der Waals surface area (Å²) in [5, 5.41) is 3.89. The lowest BCUT2D eigenvalue weighted by Crippen LogP contribution is -2.49. The number of ether oxygens (including phenoxy) is 1. The summed E-state index contributed by atoms with van der Waals surface area (Å²) in [6.45, 7) is 3.77. The van der Waals surface area contributed by atoms with Crippen LogP contribution in [0.3, 0.4) is 0 Å². The first-order valence-electron chi connectivity index (χ1n) is 8.63. The fourth-order valence-corrected chi connectivity index (χ4v) is 3.41. The summed E-state index contributed by atoms with van der Waals surface area (Å²) < 4.78 is 45.5. The molecule has 2 aromatic rings. The number of carbonyl (C=O) groups is 1. The highest BCUT2D eigenvalue weighted by atomic mass is 19.4. The Labute approximate surface area is 154 Å². The van der Waals surface area contributed by atoms with Gasteiger partial charge in [-0.1, -0.05) is 30.3 Å². The van der Waals surface area contributed by atoms with E-state index < -0.39 is 24.9 Å². The van der Waals surface area contributed by atoms with Gasteiger partial charge in [0.25, 0.3) is 0 Å². The molecule has 2 atom stereocenters. The Hall–Kier alpha value is -2.42. The third kappa shape index (κ3) is 4.13. The molecule has 1 amide bonds. The molecule has 1 aromatic heterocycles. The van der Waals surface area contributed by atoms with Crippen molar-refractivity contribution in [3.63, 3.8) is 0 Å². The molecule has 1 aromatic carbocycles. The maximum absolute atomic E-state index is 13.0. The monoisotopic (exact) mass is 382 g/mol. The normalized spacial score (nSPS) is 21.1. The molecule has 1 saturated heterocycles. The standard InChI is InChI=1S/C18H21F3N4O2/c1-11(2)25-14(26)9-27-16(15(25)13-7-5-4-6-8-13)17-22-12(3)23-24(17)10-18(19,20)21/h4-8,11,15-16H,9-10H2,1-3H3/t15-,16+/m1/s1. The Bertz CT molecular complexity index is 805. The van der Waals surface area contributed by atoms with Crippen molar-refractivity contribution in [2.24, 2.45) is 0 Å². The number of amides is 1. The lowest BCUT2D eigenvalue weighted by molar-refractivity contribution is -0.165. The van der Waals surface area contributed by atoms with E-state index in [4.69, 9.17) is 4.74 Å². The quantitative estimate of drug-likeness (QED) is 0.815. The zero-order valence-corrected chi connectivity index (χ0v) is 15.3. The molecule has 146 valence electrons. The number of alkyl halides is 3. The number of aromatic nitrogens is 3. The molecule has 27 heavy (non-hydrogen) atoms. The fourth-order valence-electron chi connectivity index (χ4n) is 3.41. The third-order valence-corrected chi connectivity index (χ3v) is 4.35. The fraction of sp³-hybridized carbons (Fsp3) is 0.500. The molecule has 0 aliphatic carbocycles. The van der Waals surface area contributed by atoms with Gasteiger partial charge in [-0.15, -0.1) is 0 Å². The second kappa shape index (κ2) is 7.30. The van der Waals surface area contributed by atoms with E-state index in [1.807, 2.05) is 44.2 Å². The summed E-state index contributed by atoms with van der Waals surface area (Å²) in [7, 11) is 0. The van der Waals surface area contributed by atoms with Gasteiger partial charge in [-0.3, -0.25) is 4.79 Å². The molecular weight excluding hydrogens is 361 g/mol. The van der Waals surface area contributed by atoms with Crippen LogP contribution in [0.15, 0.2) is 30.3 Å². The molecule has 1 aliphatic rings. The predicted octanol–water partition coefficient (Wildman–Crippen LogP) is 3.20. The highest BCUT2D eigenvalue weighted by molar-refractivity contribution is 5.79. The topological polar surface area (TPSA) is 60.2 Å². The van der Waals surface area contributed by atoms with Crippen LogP contribution < -0.4 is 0 Å². The van der Waals surface area contributed by atoms with Crippen molar-refractivity contribution >= 4 is 5.91 Å². The number of morpholine rings is 1. The molecule has 0 bridgehead atoms. The third-order valence-electron chi connectivity index (χ3n) is 4.35. The van der Waals surface area contributed by atoms with E-state index in [2.05, 4.69) is 10.1 Å². The van der Waals surface area contributed by atoms with Crippen molar-refractivity contribution in [2.45, 2.75) is 51.7 Å². The van der Waals surface area contributed by atoms with Gasteiger partial charge < -0.3 is 9.64 Å². The van der Waals surface area contributed by atoms with Gasteiger partial charge in [0.05, 0.1) is 6.04 Å².